The van der Waals surface area contributed by atoms with Crippen LogP contribution in [0.2, 0.25) is 0 Å². The van der Waals surface area contributed by atoms with Gasteiger partial charge in [-0.3, -0.25) is 34.3 Å². The van der Waals surface area contributed by atoms with Gasteiger partial charge < -0.3 is 24.2 Å². The van der Waals surface area contributed by atoms with Crippen molar-refractivity contribution in [3.8, 4) is 11.3 Å². The van der Waals surface area contributed by atoms with Gasteiger partial charge in [0.25, 0.3) is 11.8 Å². The minimum atomic E-state index is -1.10. The first kappa shape index (κ1) is 46.2. The molecule has 0 spiro atoms. The van der Waals surface area contributed by atoms with Gasteiger partial charge in [0.1, 0.15) is 34.1 Å². The van der Waals surface area contributed by atoms with E-state index in [0.717, 1.165) is 88.2 Å². The molecule has 2 bridgehead atoms. The number of hydrogen-bond acceptors (Lipinski definition) is 13. The molecule has 20 heteroatoms. The van der Waals surface area contributed by atoms with Crippen LogP contribution >= 0.6 is 0 Å². The molecule has 4 unspecified atom stereocenters. The van der Waals surface area contributed by atoms with Crippen molar-refractivity contribution in [2.24, 2.45) is 5.92 Å². The zero-order valence-electron chi connectivity index (χ0n) is 39.1. The summed E-state index contributed by atoms with van der Waals surface area (Å²) in [5.74, 6) is -2.72. The molecule has 7 aliphatic rings. The highest BCUT2D eigenvalue weighted by Crippen LogP contribution is 2.44. The first-order valence-corrected chi connectivity index (χ1v) is 25.8. The van der Waals surface area contributed by atoms with E-state index in [4.69, 9.17) is 0 Å². The van der Waals surface area contributed by atoms with Gasteiger partial charge in [0.2, 0.25) is 17.8 Å². The third-order valence-corrected chi connectivity index (χ3v) is 17.8. The lowest BCUT2D eigenvalue weighted by atomic mass is 9.87. The first-order valence-electron chi connectivity index (χ1n) is 24.6. The molecule has 4 aromatic rings. The second kappa shape index (κ2) is 18.2. The van der Waals surface area contributed by atoms with Crippen molar-refractivity contribution in [3.05, 3.63) is 64.9 Å². The summed E-state index contributed by atoms with van der Waals surface area (Å²) in [7, 11) is 0. The second-order valence-electron chi connectivity index (χ2n) is 20.5. The van der Waals surface area contributed by atoms with Crippen LogP contribution in [0, 0.1) is 30.3 Å². The number of amides is 4. The molecule has 7 aliphatic heterocycles. The number of piperidine rings is 4. The largest absolute Gasteiger partial charge is 0.598 e. The average Bonchev–Trinajstić information content (AvgIpc) is 3.87. The van der Waals surface area contributed by atoms with Gasteiger partial charge in [-0.25, -0.2) is 28.1 Å². The van der Waals surface area contributed by atoms with Crippen molar-refractivity contribution in [2.45, 2.75) is 126 Å². The maximum atomic E-state index is 15.6. The number of rotatable bonds is 11. The van der Waals surface area contributed by atoms with Gasteiger partial charge in [0.05, 0.1) is 28.5 Å². The molecule has 2 aromatic carbocycles. The number of fused-ring (bicyclic) bond motifs is 4. The molecular formula is C49H58F3N11O5S. The number of nitrogens with one attached hydrogen (secondary N) is 2. The summed E-state index contributed by atoms with van der Waals surface area (Å²) in [4.78, 5) is 71.9. The van der Waals surface area contributed by atoms with E-state index in [1.54, 1.807) is 6.07 Å². The zero-order chi connectivity index (χ0) is 48.0. The minimum absolute atomic E-state index is 0.0157. The number of aryl methyl sites for hydroxylation is 1. The van der Waals surface area contributed by atoms with Gasteiger partial charge in [-0.15, -0.1) is 4.31 Å². The Morgan fingerprint density at radius 3 is 2.20 bits per heavy atom. The fourth-order valence-electron chi connectivity index (χ4n) is 12.6. The van der Waals surface area contributed by atoms with Crippen LogP contribution in [-0.4, -0.2) is 148 Å². The van der Waals surface area contributed by atoms with E-state index in [0.29, 0.717) is 61.1 Å². The van der Waals surface area contributed by atoms with Gasteiger partial charge >= 0.3 is 0 Å². The molecule has 16 nitrogen and oxygen atoms in total. The zero-order valence-corrected chi connectivity index (χ0v) is 40.0. The third kappa shape index (κ3) is 8.46. The average molecular weight is 970 g/mol. The van der Waals surface area contributed by atoms with E-state index in [1.807, 2.05) is 30.2 Å². The van der Waals surface area contributed by atoms with Crippen LogP contribution in [0.25, 0.3) is 22.3 Å². The number of imidazole rings is 1. The number of nitrogens with zero attached hydrogens (tertiary/aromatic N) is 9. The highest BCUT2D eigenvalue weighted by Gasteiger charge is 2.49. The Morgan fingerprint density at radius 2 is 1.52 bits per heavy atom. The van der Waals surface area contributed by atoms with Crippen molar-refractivity contribution >= 4 is 57.7 Å². The van der Waals surface area contributed by atoms with Crippen molar-refractivity contribution in [1.29, 1.82) is 0 Å². The smallest absolute Gasteiger partial charge is 0.262 e. The molecule has 2 aromatic heterocycles. The Morgan fingerprint density at radius 1 is 0.826 bits per heavy atom. The maximum Gasteiger partial charge on any atom is 0.262 e. The normalized spacial score (nSPS) is 26.1. The molecule has 6 fully saturated rings. The predicted molar refractivity (Wildman–Crippen MR) is 252 cm³/mol. The van der Waals surface area contributed by atoms with Crippen molar-refractivity contribution in [1.82, 2.24) is 43.8 Å². The lowest BCUT2D eigenvalue weighted by Crippen LogP contribution is -2.64. The number of halogens is 3. The fourth-order valence-corrected chi connectivity index (χ4v) is 14.2. The van der Waals surface area contributed by atoms with E-state index >= 15 is 13.2 Å². The number of hydrogen-bond donors (Lipinski definition) is 2. The van der Waals surface area contributed by atoms with Gasteiger partial charge in [-0.2, -0.15) is 0 Å². The molecule has 4 atom stereocenters. The van der Waals surface area contributed by atoms with E-state index in [9.17, 15) is 23.7 Å². The molecule has 9 heterocycles. The SMILES string of the molecule is Cc1nc2c(F)cc(-c3nc(NC4CCN([S+]([O-])C5CCN(CC6CC7CCC(C6)N7C6CN(c7cc8c(cc7F)C(=O)N(C7CCC(=O)NC7=O)C8=O)C6)CC5)CC4)ncc3F)cc2n1C(C)C. The summed E-state index contributed by atoms with van der Waals surface area (Å²) in [5.41, 5.74) is 1.48. The molecule has 2 N–H and O–H groups in total. The maximum absolute atomic E-state index is 15.6. The second-order valence-corrected chi connectivity index (χ2v) is 22.2. The van der Waals surface area contributed by atoms with Crippen LogP contribution < -0.4 is 15.5 Å². The standard InChI is InChI=1S/C49H58F3N11O5S/c1-26(2)61-27(3)54-45-38(51)18-29(19-42(45)61)44-39(52)22-53-49(57-44)55-30-8-14-60(15-9-30)69(68)34-10-12-58(13-11-34)23-28-16-31-4-5-32(17-28)62(31)33-24-59(25-33)41-21-36-35(20-37(41)50)47(66)63(48(36)67)40-6-7-43(64)56-46(40)65/h18-22,26,28,30-34,40H,4-17,23-25H2,1-3H3,(H,53,55,57)(H,56,64,65). The van der Waals surface area contributed by atoms with E-state index < -0.39 is 58.5 Å². The number of likely N-dealkylation sites (tertiary alicyclic amines) is 1. The molecule has 366 valence electrons. The van der Waals surface area contributed by atoms with E-state index in [-0.39, 0.29) is 70.2 Å². The van der Waals surface area contributed by atoms with Crippen LogP contribution in [0.1, 0.15) is 111 Å². The van der Waals surface area contributed by atoms with E-state index in [2.05, 4.69) is 39.7 Å². The summed E-state index contributed by atoms with van der Waals surface area (Å²) in [6.45, 7) is 11.3. The monoisotopic (exact) mass is 969 g/mol. The van der Waals surface area contributed by atoms with Gasteiger partial charge in [0, 0.05) is 112 Å². The summed E-state index contributed by atoms with van der Waals surface area (Å²) in [5, 5.41) is 5.66. The molecule has 0 aliphatic carbocycles. The number of anilines is 2. The number of benzene rings is 2. The Balaban J connectivity index is 0.632. The molecule has 4 amide bonds. The quantitative estimate of drug-likeness (QED) is 0.146. The van der Waals surface area contributed by atoms with Crippen LogP contribution in [0.15, 0.2) is 30.5 Å². The van der Waals surface area contributed by atoms with Crippen LogP contribution in [-0.2, 0) is 21.0 Å². The molecule has 0 radical (unpaired) electrons. The van der Waals surface area contributed by atoms with Crippen molar-refractivity contribution in [2.75, 3.05) is 56.0 Å². The molecule has 11 rings (SSSR count). The predicted octanol–water partition coefficient (Wildman–Crippen LogP) is 5.34. The van der Waals surface area contributed by atoms with Crippen molar-refractivity contribution < 1.29 is 36.9 Å². The van der Waals surface area contributed by atoms with Gasteiger partial charge in [-0.1, -0.05) is 0 Å². The summed E-state index contributed by atoms with van der Waals surface area (Å²) in [6.07, 6.45) is 8.94. The van der Waals surface area contributed by atoms with E-state index in [1.165, 1.54) is 12.1 Å². The van der Waals surface area contributed by atoms with Crippen LogP contribution in [0.5, 0.6) is 0 Å². The van der Waals surface area contributed by atoms with Crippen LogP contribution in [0.4, 0.5) is 24.8 Å². The molecule has 6 saturated heterocycles. The summed E-state index contributed by atoms with van der Waals surface area (Å²) >= 11 is -1.10. The Hall–Kier alpha value is -5.15. The number of aromatic nitrogens is 4. The van der Waals surface area contributed by atoms with Gasteiger partial charge in [-0.05, 0) is 95.9 Å². The number of imide groups is 2. The lowest BCUT2D eigenvalue weighted by Gasteiger charge is -2.52. The lowest BCUT2D eigenvalue weighted by molar-refractivity contribution is -0.136. The third-order valence-electron chi connectivity index (χ3n) is 15.9. The summed E-state index contributed by atoms with van der Waals surface area (Å²) < 4.78 is 63.9. The fraction of sp³-hybridized carbons (Fsp3) is 0.571. The van der Waals surface area contributed by atoms with Crippen molar-refractivity contribution in [3.63, 3.8) is 0 Å². The Bertz CT molecular complexity index is 2710. The number of carbonyl (C=O) groups is 4. The molecule has 0 saturated carbocycles. The molecule has 69 heavy (non-hydrogen) atoms. The Kier molecular flexibility index (Phi) is 12.2. The highest BCUT2D eigenvalue weighted by atomic mass is 32.2. The Labute approximate surface area is 401 Å². The summed E-state index contributed by atoms with van der Waals surface area (Å²) in [6, 6.07) is 5.74. The number of carbonyl (C=O) groups excluding carboxylic acids is 4. The highest BCUT2D eigenvalue weighted by molar-refractivity contribution is 7.89. The van der Waals surface area contributed by atoms with Crippen LogP contribution in [0.3, 0.4) is 0 Å². The first-order chi connectivity index (χ1) is 33.2. The minimum Gasteiger partial charge on any atom is -0.598 e. The topological polar surface area (TPSA) is 175 Å². The molecular weight excluding hydrogens is 912 g/mol. The van der Waals surface area contributed by atoms with Gasteiger partial charge in [0.15, 0.2) is 11.6 Å².